The molecule has 1 aromatic carbocycles. The van der Waals surface area contributed by atoms with E-state index in [-0.39, 0.29) is 0 Å². The van der Waals surface area contributed by atoms with Crippen molar-refractivity contribution in [1.29, 1.82) is 0 Å². The molecule has 0 atom stereocenters. The van der Waals surface area contributed by atoms with E-state index in [9.17, 15) is 4.79 Å². The molecule has 2 heterocycles. The highest BCUT2D eigenvalue weighted by Gasteiger charge is 2.20. The first-order valence-electron chi connectivity index (χ1n) is 9.85. The normalized spacial score (nSPS) is 19.5. The molecule has 0 radical (unpaired) electrons. The van der Waals surface area contributed by atoms with Gasteiger partial charge in [-0.1, -0.05) is 18.6 Å². The van der Waals surface area contributed by atoms with Gasteiger partial charge in [0.25, 0.3) is 0 Å². The van der Waals surface area contributed by atoms with Gasteiger partial charge in [-0.15, -0.1) is 0 Å². The van der Waals surface area contributed by atoms with Gasteiger partial charge in [0.2, 0.25) is 0 Å². The van der Waals surface area contributed by atoms with Crippen molar-refractivity contribution in [3.63, 3.8) is 0 Å². The number of hydrogen-bond donors (Lipinski definition) is 1. The van der Waals surface area contributed by atoms with E-state index in [1.54, 1.807) is 0 Å². The lowest BCUT2D eigenvalue weighted by Crippen LogP contribution is -2.47. The Balaban J connectivity index is 1.38. The number of piperidine rings is 1. The quantitative estimate of drug-likeness (QED) is 0.757. The monoisotopic (exact) mass is 361 g/mol. The second kappa shape index (κ2) is 9.78. The summed E-state index contributed by atoms with van der Waals surface area (Å²) in [6.07, 6.45) is 4.31. The zero-order valence-corrected chi connectivity index (χ0v) is 15.6. The van der Waals surface area contributed by atoms with Gasteiger partial charge in [-0.3, -0.25) is 4.90 Å². The van der Waals surface area contributed by atoms with Gasteiger partial charge in [-0.05, 0) is 50.0 Å². The summed E-state index contributed by atoms with van der Waals surface area (Å²) in [4.78, 5) is 17.3. The summed E-state index contributed by atoms with van der Waals surface area (Å²) in [6.45, 7) is 7.96. The summed E-state index contributed by atoms with van der Waals surface area (Å²) in [7, 11) is 0. The second-order valence-electron chi connectivity index (χ2n) is 7.30. The molecule has 0 bridgehead atoms. The van der Waals surface area contributed by atoms with Gasteiger partial charge >= 0.3 is 6.09 Å². The van der Waals surface area contributed by atoms with Gasteiger partial charge in [0.05, 0.1) is 6.61 Å². The van der Waals surface area contributed by atoms with Crippen LogP contribution in [0, 0.1) is 0 Å². The highest BCUT2D eigenvalue weighted by atomic mass is 16.5. The van der Waals surface area contributed by atoms with Crippen LogP contribution in [0.4, 0.5) is 4.79 Å². The molecule has 0 aromatic heterocycles. The van der Waals surface area contributed by atoms with Crippen molar-refractivity contribution in [3.05, 3.63) is 29.8 Å². The molecule has 1 amide bonds. The molecule has 1 aromatic rings. The van der Waals surface area contributed by atoms with E-state index in [0.29, 0.717) is 13.1 Å². The predicted octanol–water partition coefficient (Wildman–Crippen LogP) is 2.74. The van der Waals surface area contributed by atoms with Crippen LogP contribution in [0.1, 0.15) is 31.2 Å². The summed E-state index contributed by atoms with van der Waals surface area (Å²) in [5.41, 5.74) is 1.22. The Morgan fingerprint density at radius 3 is 2.50 bits per heavy atom. The van der Waals surface area contributed by atoms with Crippen LogP contribution >= 0.6 is 0 Å². The second-order valence-corrected chi connectivity index (χ2v) is 7.30. The van der Waals surface area contributed by atoms with Crippen LogP contribution < -0.4 is 4.74 Å². The molecule has 2 aliphatic rings. The number of rotatable bonds is 7. The van der Waals surface area contributed by atoms with Crippen molar-refractivity contribution < 1.29 is 14.6 Å². The van der Waals surface area contributed by atoms with E-state index in [0.717, 1.165) is 45.0 Å². The van der Waals surface area contributed by atoms with E-state index in [1.165, 1.54) is 42.8 Å². The van der Waals surface area contributed by atoms with Crippen LogP contribution in [0.5, 0.6) is 5.75 Å². The Kier molecular flexibility index (Phi) is 7.14. The Hall–Kier alpha value is -1.79. The van der Waals surface area contributed by atoms with Crippen LogP contribution in [0.25, 0.3) is 0 Å². The molecule has 3 rings (SSSR count). The maximum absolute atomic E-state index is 11.0. The number of piperazine rings is 1. The van der Waals surface area contributed by atoms with Crippen LogP contribution in [0.2, 0.25) is 0 Å². The number of ether oxygens (including phenoxy) is 1. The van der Waals surface area contributed by atoms with Crippen LogP contribution in [0.3, 0.4) is 0 Å². The van der Waals surface area contributed by atoms with Crippen molar-refractivity contribution in [1.82, 2.24) is 14.7 Å². The Bertz CT molecular complexity index is 567. The van der Waals surface area contributed by atoms with Crippen molar-refractivity contribution in [2.45, 2.75) is 32.2 Å². The van der Waals surface area contributed by atoms with Gasteiger partial charge in [0.15, 0.2) is 0 Å². The fraction of sp³-hybridized carbons (Fsp3) is 0.650. The van der Waals surface area contributed by atoms with E-state index < -0.39 is 6.09 Å². The third kappa shape index (κ3) is 5.88. The molecule has 6 heteroatoms. The minimum absolute atomic E-state index is 0.585. The van der Waals surface area contributed by atoms with Crippen molar-refractivity contribution in [3.8, 4) is 5.75 Å². The molecule has 144 valence electrons. The number of carboxylic acid groups (broad SMARTS) is 1. The Morgan fingerprint density at radius 2 is 1.77 bits per heavy atom. The summed E-state index contributed by atoms with van der Waals surface area (Å²) in [5.74, 6) is 0.935. The fourth-order valence-corrected chi connectivity index (χ4v) is 3.75. The lowest BCUT2D eigenvalue weighted by Gasteiger charge is -2.33. The zero-order chi connectivity index (χ0) is 18.2. The molecule has 0 aliphatic carbocycles. The third-order valence-electron chi connectivity index (χ3n) is 5.28. The number of likely N-dealkylation sites (tertiary alicyclic amines) is 1. The Labute approximate surface area is 156 Å². The molecular formula is C20H31N3O3. The lowest BCUT2D eigenvalue weighted by atomic mass is 10.1. The molecular weight excluding hydrogens is 330 g/mol. The molecule has 2 aliphatic heterocycles. The zero-order valence-electron chi connectivity index (χ0n) is 15.6. The van der Waals surface area contributed by atoms with Gasteiger partial charge < -0.3 is 19.6 Å². The van der Waals surface area contributed by atoms with E-state index in [4.69, 9.17) is 9.84 Å². The molecule has 2 fully saturated rings. The largest absolute Gasteiger partial charge is 0.494 e. The molecule has 26 heavy (non-hydrogen) atoms. The summed E-state index contributed by atoms with van der Waals surface area (Å²) in [6, 6.07) is 8.30. The summed E-state index contributed by atoms with van der Waals surface area (Å²) >= 11 is 0. The van der Waals surface area contributed by atoms with Crippen LogP contribution in [-0.4, -0.2) is 78.3 Å². The SMILES string of the molecule is O=C(O)N1CCN(Cc2cccc(OCCCN3CCCCC3)c2)CC1. The number of hydrogen-bond acceptors (Lipinski definition) is 4. The number of nitrogens with zero attached hydrogens (tertiary/aromatic N) is 3. The number of amides is 1. The van der Waals surface area contributed by atoms with Gasteiger partial charge in [-0.25, -0.2) is 4.79 Å². The van der Waals surface area contributed by atoms with Crippen molar-refractivity contribution in [2.24, 2.45) is 0 Å². The topological polar surface area (TPSA) is 56.3 Å². The molecule has 2 saturated heterocycles. The van der Waals surface area contributed by atoms with E-state index in [2.05, 4.69) is 21.9 Å². The minimum atomic E-state index is -0.815. The molecule has 0 unspecified atom stereocenters. The summed E-state index contributed by atoms with van der Waals surface area (Å²) in [5, 5.41) is 9.02. The predicted molar refractivity (Wildman–Crippen MR) is 102 cm³/mol. The summed E-state index contributed by atoms with van der Waals surface area (Å²) < 4.78 is 5.94. The van der Waals surface area contributed by atoms with Gasteiger partial charge in [-0.2, -0.15) is 0 Å². The number of carbonyl (C=O) groups is 1. The standard InChI is InChI=1S/C20H31N3O3/c24-20(25)23-13-11-22(12-14-23)17-18-6-4-7-19(16-18)26-15-5-10-21-8-2-1-3-9-21/h4,6-7,16H,1-3,5,8-15,17H2,(H,24,25). The minimum Gasteiger partial charge on any atom is -0.494 e. The molecule has 0 spiro atoms. The first-order chi connectivity index (χ1) is 12.7. The average Bonchev–Trinajstić information content (AvgIpc) is 2.67. The fourth-order valence-electron chi connectivity index (χ4n) is 3.75. The van der Waals surface area contributed by atoms with Gasteiger partial charge in [0, 0.05) is 39.3 Å². The average molecular weight is 361 g/mol. The molecule has 6 nitrogen and oxygen atoms in total. The first kappa shape index (κ1) is 19.0. The van der Waals surface area contributed by atoms with E-state index >= 15 is 0 Å². The Morgan fingerprint density at radius 1 is 1.00 bits per heavy atom. The molecule has 0 saturated carbocycles. The maximum Gasteiger partial charge on any atom is 0.407 e. The maximum atomic E-state index is 11.0. The smallest absolute Gasteiger partial charge is 0.407 e. The van der Waals surface area contributed by atoms with Crippen LogP contribution in [0.15, 0.2) is 24.3 Å². The number of benzene rings is 1. The lowest BCUT2D eigenvalue weighted by molar-refractivity contribution is 0.103. The van der Waals surface area contributed by atoms with Gasteiger partial charge in [0.1, 0.15) is 5.75 Å². The van der Waals surface area contributed by atoms with E-state index in [1.807, 2.05) is 12.1 Å². The molecule has 1 N–H and O–H groups in total. The van der Waals surface area contributed by atoms with Crippen molar-refractivity contribution in [2.75, 3.05) is 52.4 Å². The first-order valence-corrected chi connectivity index (χ1v) is 9.85. The highest BCUT2D eigenvalue weighted by molar-refractivity contribution is 5.65. The van der Waals surface area contributed by atoms with Crippen LogP contribution in [-0.2, 0) is 6.54 Å². The van der Waals surface area contributed by atoms with Crippen molar-refractivity contribution >= 4 is 6.09 Å². The third-order valence-corrected chi connectivity index (χ3v) is 5.28. The highest BCUT2D eigenvalue weighted by Crippen LogP contribution is 2.16.